The zero-order valence-corrected chi connectivity index (χ0v) is 10.1. The lowest BCUT2D eigenvalue weighted by atomic mass is 9.95. The fourth-order valence-corrected chi connectivity index (χ4v) is 1.88. The van der Waals surface area contributed by atoms with E-state index in [2.05, 4.69) is 0 Å². The molecule has 2 rings (SSSR count). The Hall–Kier alpha value is -1.51. The second-order valence-corrected chi connectivity index (χ2v) is 4.57. The van der Waals surface area contributed by atoms with Crippen LogP contribution in [0.5, 0.6) is 5.75 Å². The molecule has 1 aliphatic carbocycles. The van der Waals surface area contributed by atoms with Crippen LogP contribution < -0.4 is 4.74 Å². The van der Waals surface area contributed by atoms with E-state index in [0.717, 1.165) is 30.6 Å². The molecule has 0 spiro atoms. The minimum Gasteiger partial charge on any atom is -0.490 e. The molecule has 0 radical (unpaired) electrons. The van der Waals surface area contributed by atoms with Gasteiger partial charge >= 0.3 is 5.97 Å². The van der Waals surface area contributed by atoms with Gasteiger partial charge in [0, 0.05) is 0 Å². The van der Waals surface area contributed by atoms with Gasteiger partial charge in [-0.25, -0.2) is 0 Å². The maximum atomic E-state index is 11.1. The molecule has 0 bridgehead atoms. The molecule has 1 fully saturated rings. The zero-order valence-electron chi connectivity index (χ0n) is 10.1. The van der Waals surface area contributed by atoms with E-state index < -0.39 is 11.9 Å². The number of hydrogen-bond acceptors (Lipinski definition) is 2. The van der Waals surface area contributed by atoms with Crippen molar-refractivity contribution in [1.82, 2.24) is 0 Å². The Bertz CT molecular complexity index is 379. The highest BCUT2D eigenvalue weighted by Crippen LogP contribution is 2.28. The van der Waals surface area contributed by atoms with Gasteiger partial charge in [0.25, 0.3) is 0 Å². The molecular weight excluding hydrogens is 216 g/mol. The van der Waals surface area contributed by atoms with E-state index in [4.69, 9.17) is 9.84 Å². The maximum absolute atomic E-state index is 11.1. The van der Waals surface area contributed by atoms with Crippen molar-refractivity contribution in [2.45, 2.75) is 44.6 Å². The first-order chi connectivity index (χ1) is 8.20. The van der Waals surface area contributed by atoms with Crippen LogP contribution in [0.15, 0.2) is 24.3 Å². The van der Waals surface area contributed by atoms with Gasteiger partial charge in [-0.1, -0.05) is 25.5 Å². The van der Waals surface area contributed by atoms with Crippen molar-refractivity contribution < 1.29 is 14.6 Å². The van der Waals surface area contributed by atoms with E-state index in [1.807, 2.05) is 31.2 Å². The third-order valence-corrected chi connectivity index (χ3v) is 2.99. The summed E-state index contributed by atoms with van der Waals surface area (Å²) in [5, 5.41) is 9.15. The van der Waals surface area contributed by atoms with E-state index in [0.29, 0.717) is 12.5 Å². The summed E-state index contributed by atoms with van der Waals surface area (Å²) in [6.45, 7) is 2.00. The number of aliphatic carboxylic acids is 1. The van der Waals surface area contributed by atoms with Gasteiger partial charge in [0.15, 0.2) is 0 Å². The molecule has 3 heteroatoms. The molecule has 17 heavy (non-hydrogen) atoms. The third kappa shape index (κ3) is 3.22. The summed E-state index contributed by atoms with van der Waals surface area (Å²) >= 11 is 0. The highest BCUT2D eigenvalue weighted by molar-refractivity contribution is 5.76. The smallest absolute Gasteiger partial charge is 0.310 e. The van der Waals surface area contributed by atoms with Crippen molar-refractivity contribution >= 4 is 5.97 Å². The summed E-state index contributed by atoms with van der Waals surface area (Å²) in [5.41, 5.74) is 0.863. The molecule has 0 aromatic heterocycles. The van der Waals surface area contributed by atoms with E-state index in [1.54, 1.807) is 0 Å². The number of hydrogen-bond donors (Lipinski definition) is 1. The van der Waals surface area contributed by atoms with Crippen LogP contribution in [-0.2, 0) is 4.79 Å². The van der Waals surface area contributed by atoms with Crippen LogP contribution in [0.2, 0.25) is 0 Å². The summed E-state index contributed by atoms with van der Waals surface area (Å²) < 4.78 is 5.63. The SMILES string of the molecule is CCCC(C(=O)O)c1ccc(OC2CC2)cc1. The van der Waals surface area contributed by atoms with Crippen LogP contribution in [-0.4, -0.2) is 17.2 Å². The number of carboxylic acids is 1. The minimum atomic E-state index is -0.747. The molecule has 1 N–H and O–H groups in total. The normalized spacial score (nSPS) is 16.5. The van der Waals surface area contributed by atoms with Gasteiger partial charge in [-0.2, -0.15) is 0 Å². The Labute approximate surface area is 101 Å². The second kappa shape index (κ2) is 5.21. The average molecular weight is 234 g/mol. The lowest BCUT2D eigenvalue weighted by molar-refractivity contribution is -0.139. The quantitative estimate of drug-likeness (QED) is 0.822. The minimum absolute atomic E-state index is 0.381. The monoisotopic (exact) mass is 234 g/mol. The van der Waals surface area contributed by atoms with Crippen molar-refractivity contribution in [3.8, 4) is 5.75 Å². The van der Waals surface area contributed by atoms with Crippen molar-refractivity contribution in [3.63, 3.8) is 0 Å². The van der Waals surface area contributed by atoms with E-state index in [-0.39, 0.29) is 0 Å². The molecule has 0 aliphatic heterocycles. The Morgan fingerprint density at radius 2 is 2.06 bits per heavy atom. The summed E-state index contributed by atoms with van der Waals surface area (Å²) in [7, 11) is 0. The predicted octanol–water partition coefficient (Wildman–Crippen LogP) is 3.20. The standard InChI is InChI=1S/C14H18O3/c1-2-3-13(14(15)16)10-4-6-11(7-5-10)17-12-8-9-12/h4-7,12-13H,2-3,8-9H2,1H3,(H,15,16). The van der Waals surface area contributed by atoms with Crippen LogP contribution in [0.25, 0.3) is 0 Å². The van der Waals surface area contributed by atoms with Gasteiger partial charge in [-0.05, 0) is 37.0 Å². The topological polar surface area (TPSA) is 46.5 Å². The Kier molecular flexibility index (Phi) is 3.67. The molecule has 92 valence electrons. The van der Waals surface area contributed by atoms with Crippen LogP contribution in [0.4, 0.5) is 0 Å². The molecule has 1 saturated carbocycles. The summed E-state index contributed by atoms with van der Waals surface area (Å²) in [6, 6.07) is 7.48. The number of ether oxygens (including phenoxy) is 1. The van der Waals surface area contributed by atoms with Gasteiger partial charge in [0.1, 0.15) is 5.75 Å². The van der Waals surface area contributed by atoms with E-state index >= 15 is 0 Å². The first kappa shape index (κ1) is 12.0. The molecule has 1 aromatic carbocycles. The fraction of sp³-hybridized carbons (Fsp3) is 0.500. The van der Waals surface area contributed by atoms with Crippen molar-refractivity contribution in [3.05, 3.63) is 29.8 Å². The Morgan fingerprint density at radius 3 is 2.53 bits per heavy atom. The van der Waals surface area contributed by atoms with Gasteiger partial charge in [-0.15, -0.1) is 0 Å². The van der Waals surface area contributed by atoms with Crippen molar-refractivity contribution in [1.29, 1.82) is 0 Å². The second-order valence-electron chi connectivity index (χ2n) is 4.57. The zero-order chi connectivity index (χ0) is 12.3. The summed E-state index contributed by atoms with van der Waals surface area (Å²) in [6.07, 6.45) is 4.20. The molecule has 1 aliphatic rings. The predicted molar refractivity (Wildman–Crippen MR) is 65.4 cm³/mol. The molecule has 0 amide bonds. The maximum Gasteiger partial charge on any atom is 0.310 e. The molecule has 0 saturated heterocycles. The lowest BCUT2D eigenvalue weighted by Gasteiger charge is -2.12. The molecule has 1 atom stereocenters. The summed E-state index contributed by atoms with van der Waals surface area (Å²) in [4.78, 5) is 11.1. The first-order valence-corrected chi connectivity index (χ1v) is 6.20. The molecule has 0 heterocycles. The summed E-state index contributed by atoms with van der Waals surface area (Å²) in [5.74, 6) is -0.297. The molecule has 1 aromatic rings. The van der Waals surface area contributed by atoms with Gasteiger partial charge in [0.05, 0.1) is 12.0 Å². The highest BCUT2D eigenvalue weighted by atomic mass is 16.5. The van der Waals surface area contributed by atoms with Crippen LogP contribution >= 0.6 is 0 Å². The number of carbonyl (C=O) groups is 1. The Balaban J connectivity index is 2.05. The highest BCUT2D eigenvalue weighted by Gasteiger charge is 2.24. The van der Waals surface area contributed by atoms with E-state index in [1.165, 1.54) is 0 Å². The van der Waals surface area contributed by atoms with Gasteiger partial charge in [0.2, 0.25) is 0 Å². The van der Waals surface area contributed by atoms with Crippen molar-refractivity contribution in [2.75, 3.05) is 0 Å². The van der Waals surface area contributed by atoms with Crippen molar-refractivity contribution in [2.24, 2.45) is 0 Å². The molecule has 1 unspecified atom stereocenters. The van der Waals surface area contributed by atoms with Crippen LogP contribution in [0.1, 0.15) is 44.1 Å². The van der Waals surface area contributed by atoms with E-state index in [9.17, 15) is 4.79 Å². The van der Waals surface area contributed by atoms with Crippen LogP contribution in [0.3, 0.4) is 0 Å². The fourth-order valence-electron chi connectivity index (χ4n) is 1.88. The number of benzene rings is 1. The number of rotatable bonds is 6. The number of carboxylic acid groups (broad SMARTS) is 1. The Morgan fingerprint density at radius 1 is 1.41 bits per heavy atom. The average Bonchev–Trinajstić information content (AvgIpc) is 3.11. The largest absolute Gasteiger partial charge is 0.490 e. The van der Waals surface area contributed by atoms with Gasteiger partial charge < -0.3 is 9.84 Å². The van der Waals surface area contributed by atoms with Crippen LogP contribution in [0, 0.1) is 0 Å². The lowest BCUT2D eigenvalue weighted by Crippen LogP contribution is -2.11. The molecular formula is C14H18O3. The third-order valence-electron chi connectivity index (χ3n) is 2.99. The van der Waals surface area contributed by atoms with Gasteiger partial charge in [-0.3, -0.25) is 4.79 Å². The molecule has 3 nitrogen and oxygen atoms in total. The first-order valence-electron chi connectivity index (χ1n) is 6.20.